The van der Waals surface area contributed by atoms with E-state index in [1.165, 1.54) is 18.5 Å². The zero-order chi connectivity index (χ0) is 14.4. The molecule has 1 aliphatic heterocycles. The van der Waals surface area contributed by atoms with Crippen LogP contribution >= 0.6 is 0 Å². The zero-order valence-corrected chi connectivity index (χ0v) is 13.1. The summed E-state index contributed by atoms with van der Waals surface area (Å²) in [6.07, 6.45) is 3.70. The third-order valence-corrected chi connectivity index (χ3v) is 4.07. The Balaban J connectivity index is 2.08. The van der Waals surface area contributed by atoms with Crippen LogP contribution in [-0.2, 0) is 0 Å². The maximum absolute atomic E-state index is 5.94. The summed E-state index contributed by atoms with van der Waals surface area (Å²) >= 11 is 0. The minimum atomic E-state index is 0.277. The molecule has 1 aromatic rings. The van der Waals surface area contributed by atoms with E-state index in [2.05, 4.69) is 55.3 Å². The van der Waals surface area contributed by atoms with E-state index in [0.29, 0.717) is 6.04 Å². The lowest BCUT2D eigenvalue weighted by molar-refractivity contribution is 0.217. The maximum Gasteiger partial charge on any atom is 0.121 e. The van der Waals surface area contributed by atoms with E-state index in [1.807, 2.05) is 0 Å². The number of nitrogens with zero attached hydrogens (tertiary/aromatic N) is 1. The Labute approximate surface area is 123 Å². The van der Waals surface area contributed by atoms with Gasteiger partial charge in [0.2, 0.25) is 0 Å². The Kier molecular flexibility index (Phi) is 5.72. The predicted molar refractivity (Wildman–Crippen MR) is 85.7 cm³/mol. The van der Waals surface area contributed by atoms with Crippen LogP contribution in [0.5, 0.6) is 5.75 Å². The number of benzene rings is 1. The SMILES string of the molecule is CCC1CN(c2cccc(OC(C)CC)c2)CCCN1. The van der Waals surface area contributed by atoms with Crippen molar-refractivity contribution in [3.8, 4) is 5.75 Å². The molecule has 1 aliphatic rings. The zero-order valence-electron chi connectivity index (χ0n) is 13.1. The molecule has 0 saturated carbocycles. The highest BCUT2D eigenvalue weighted by molar-refractivity contribution is 5.51. The van der Waals surface area contributed by atoms with Gasteiger partial charge in [0.1, 0.15) is 5.75 Å². The Hall–Kier alpha value is -1.22. The summed E-state index contributed by atoms with van der Waals surface area (Å²) in [6.45, 7) is 9.86. The first-order chi connectivity index (χ1) is 9.72. The minimum Gasteiger partial charge on any atom is -0.491 e. The molecule has 3 nitrogen and oxygen atoms in total. The van der Waals surface area contributed by atoms with Crippen molar-refractivity contribution < 1.29 is 4.74 Å². The molecular formula is C17H28N2O. The van der Waals surface area contributed by atoms with Crippen LogP contribution in [-0.4, -0.2) is 31.8 Å². The van der Waals surface area contributed by atoms with Crippen molar-refractivity contribution >= 4 is 5.69 Å². The van der Waals surface area contributed by atoms with Crippen LogP contribution in [0.3, 0.4) is 0 Å². The summed E-state index contributed by atoms with van der Waals surface area (Å²) in [5, 5.41) is 3.61. The second-order valence-corrected chi connectivity index (χ2v) is 5.69. The van der Waals surface area contributed by atoms with Gasteiger partial charge in [-0.2, -0.15) is 0 Å². The molecule has 1 heterocycles. The van der Waals surface area contributed by atoms with Gasteiger partial charge in [-0.1, -0.05) is 19.9 Å². The first kappa shape index (κ1) is 15.2. The summed E-state index contributed by atoms with van der Waals surface area (Å²) in [4.78, 5) is 2.48. The third kappa shape index (κ3) is 4.14. The Morgan fingerprint density at radius 1 is 1.40 bits per heavy atom. The molecule has 0 bridgehead atoms. The van der Waals surface area contributed by atoms with Crippen LogP contribution in [0.1, 0.15) is 40.0 Å². The highest BCUT2D eigenvalue weighted by Gasteiger charge is 2.17. The van der Waals surface area contributed by atoms with E-state index in [0.717, 1.165) is 31.8 Å². The fourth-order valence-corrected chi connectivity index (χ4v) is 2.58. The van der Waals surface area contributed by atoms with Crippen molar-refractivity contribution in [2.45, 2.75) is 52.2 Å². The number of nitrogens with one attached hydrogen (secondary N) is 1. The highest BCUT2D eigenvalue weighted by atomic mass is 16.5. The fourth-order valence-electron chi connectivity index (χ4n) is 2.58. The van der Waals surface area contributed by atoms with E-state index in [-0.39, 0.29) is 6.10 Å². The molecule has 2 atom stereocenters. The number of rotatable bonds is 5. The fraction of sp³-hybridized carbons (Fsp3) is 0.647. The van der Waals surface area contributed by atoms with E-state index < -0.39 is 0 Å². The summed E-state index contributed by atoms with van der Waals surface area (Å²) in [5.74, 6) is 0.988. The maximum atomic E-state index is 5.94. The van der Waals surface area contributed by atoms with Crippen LogP contribution < -0.4 is 15.0 Å². The number of hydrogen-bond acceptors (Lipinski definition) is 3. The highest BCUT2D eigenvalue weighted by Crippen LogP contribution is 2.23. The predicted octanol–water partition coefficient (Wildman–Crippen LogP) is 3.44. The number of ether oxygens (including phenoxy) is 1. The summed E-state index contributed by atoms with van der Waals surface area (Å²) in [6, 6.07) is 9.14. The minimum absolute atomic E-state index is 0.277. The molecule has 3 heteroatoms. The topological polar surface area (TPSA) is 24.5 Å². The second kappa shape index (κ2) is 7.53. The standard InChI is InChI=1S/C17H28N2O/c1-4-14(3)20-17-9-6-8-16(12-17)19-11-7-10-18-15(5-2)13-19/h6,8-9,12,14-15,18H,4-5,7,10-11,13H2,1-3H3. The van der Waals surface area contributed by atoms with Crippen molar-refractivity contribution in [3.63, 3.8) is 0 Å². The first-order valence-corrected chi connectivity index (χ1v) is 7.98. The Morgan fingerprint density at radius 2 is 2.25 bits per heavy atom. The van der Waals surface area contributed by atoms with E-state index in [9.17, 15) is 0 Å². The first-order valence-electron chi connectivity index (χ1n) is 7.98. The second-order valence-electron chi connectivity index (χ2n) is 5.69. The van der Waals surface area contributed by atoms with Crippen LogP contribution in [0.4, 0.5) is 5.69 Å². The molecule has 1 saturated heterocycles. The molecule has 2 unspecified atom stereocenters. The van der Waals surface area contributed by atoms with Gasteiger partial charge in [0, 0.05) is 30.9 Å². The molecule has 0 spiro atoms. The lowest BCUT2D eigenvalue weighted by Gasteiger charge is -2.26. The molecule has 20 heavy (non-hydrogen) atoms. The van der Waals surface area contributed by atoms with E-state index in [1.54, 1.807) is 0 Å². The van der Waals surface area contributed by atoms with E-state index >= 15 is 0 Å². The normalized spacial score (nSPS) is 21.4. The van der Waals surface area contributed by atoms with Crippen molar-refractivity contribution in [2.24, 2.45) is 0 Å². The molecular weight excluding hydrogens is 248 g/mol. The van der Waals surface area contributed by atoms with Crippen LogP contribution in [0, 0.1) is 0 Å². The smallest absolute Gasteiger partial charge is 0.121 e. The van der Waals surface area contributed by atoms with Gasteiger partial charge in [0.25, 0.3) is 0 Å². The molecule has 0 amide bonds. The lowest BCUT2D eigenvalue weighted by atomic mass is 10.2. The average Bonchev–Trinajstić information content (AvgIpc) is 2.73. The van der Waals surface area contributed by atoms with Gasteiger partial charge in [-0.3, -0.25) is 0 Å². The van der Waals surface area contributed by atoms with Crippen LogP contribution in [0.15, 0.2) is 24.3 Å². The quantitative estimate of drug-likeness (QED) is 0.891. The van der Waals surface area contributed by atoms with Crippen molar-refractivity contribution in [3.05, 3.63) is 24.3 Å². The third-order valence-electron chi connectivity index (χ3n) is 4.07. The van der Waals surface area contributed by atoms with Crippen LogP contribution in [0.25, 0.3) is 0 Å². The molecule has 2 rings (SSSR count). The molecule has 0 radical (unpaired) electrons. The van der Waals surface area contributed by atoms with Gasteiger partial charge in [0.15, 0.2) is 0 Å². The van der Waals surface area contributed by atoms with Crippen molar-refractivity contribution in [1.82, 2.24) is 5.32 Å². The molecule has 1 N–H and O–H groups in total. The number of hydrogen-bond donors (Lipinski definition) is 1. The monoisotopic (exact) mass is 276 g/mol. The average molecular weight is 276 g/mol. The largest absolute Gasteiger partial charge is 0.491 e. The summed E-state index contributed by atoms with van der Waals surface area (Å²) in [7, 11) is 0. The Morgan fingerprint density at radius 3 is 3.00 bits per heavy atom. The summed E-state index contributed by atoms with van der Waals surface area (Å²) in [5.41, 5.74) is 1.29. The Bertz CT molecular complexity index is 408. The molecule has 1 aromatic carbocycles. The van der Waals surface area contributed by atoms with Gasteiger partial charge < -0.3 is 15.0 Å². The van der Waals surface area contributed by atoms with Crippen molar-refractivity contribution in [2.75, 3.05) is 24.5 Å². The molecule has 0 aliphatic carbocycles. The summed E-state index contributed by atoms with van der Waals surface area (Å²) < 4.78 is 5.94. The molecule has 0 aromatic heterocycles. The van der Waals surface area contributed by atoms with Gasteiger partial charge in [-0.15, -0.1) is 0 Å². The molecule has 112 valence electrons. The van der Waals surface area contributed by atoms with Gasteiger partial charge >= 0.3 is 0 Å². The number of anilines is 1. The van der Waals surface area contributed by atoms with E-state index in [4.69, 9.17) is 4.74 Å². The van der Waals surface area contributed by atoms with Gasteiger partial charge in [-0.05, 0) is 44.9 Å². The van der Waals surface area contributed by atoms with Crippen molar-refractivity contribution in [1.29, 1.82) is 0 Å². The molecule has 1 fully saturated rings. The lowest BCUT2D eigenvalue weighted by Crippen LogP contribution is -2.37. The van der Waals surface area contributed by atoms with Gasteiger partial charge in [-0.25, -0.2) is 0 Å². The van der Waals surface area contributed by atoms with Crippen LogP contribution in [0.2, 0.25) is 0 Å². The van der Waals surface area contributed by atoms with Gasteiger partial charge in [0.05, 0.1) is 6.10 Å².